The Morgan fingerprint density at radius 3 is 2.38 bits per heavy atom. The van der Waals surface area contributed by atoms with Crippen molar-refractivity contribution in [3.8, 4) is 0 Å². The zero-order chi connectivity index (χ0) is 10.2. The number of thiophene rings is 1. The molecule has 8 heteroatoms. The van der Waals surface area contributed by atoms with Crippen LogP contribution in [0.3, 0.4) is 0 Å². The molecule has 0 spiro atoms. The highest BCUT2D eigenvalue weighted by Gasteiger charge is 2.24. The molecular formula is C5H5NO5S2. The highest BCUT2D eigenvalue weighted by Crippen LogP contribution is 2.31. The first-order valence-corrected chi connectivity index (χ1v) is 5.36. The van der Waals surface area contributed by atoms with Crippen molar-refractivity contribution < 1.29 is 17.9 Å². The summed E-state index contributed by atoms with van der Waals surface area (Å²) in [5.41, 5.74) is -0.324. The van der Waals surface area contributed by atoms with Crippen LogP contribution in [0.25, 0.3) is 0 Å². The van der Waals surface area contributed by atoms with Crippen molar-refractivity contribution in [2.24, 2.45) is 0 Å². The van der Waals surface area contributed by atoms with Crippen LogP contribution in [-0.2, 0) is 10.1 Å². The first kappa shape index (κ1) is 10.1. The molecular weight excluding hydrogens is 218 g/mol. The van der Waals surface area contributed by atoms with Crippen LogP contribution in [0.1, 0.15) is 5.56 Å². The molecule has 0 radical (unpaired) electrons. The minimum atomic E-state index is -4.33. The van der Waals surface area contributed by atoms with E-state index in [1.165, 1.54) is 6.92 Å². The monoisotopic (exact) mass is 223 g/mol. The van der Waals surface area contributed by atoms with Gasteiger partial charge in [-0.25, -0.2) is 0 Å². The van der Waals surface area contributed by atoms with E-state index in [1.54, 1.807) is 0 Å². The fourth-order valence-electron chi connectivity index (χ4n) is 0.825. The first-order chi connectivity index (χ1) is 5.84. The third kappa shape index (κ3) is 1.85. The van der Waals surface area contributed by atoms with Gasteiger partial charge in [-0.05, 0) is 6.92 Å². The molecule has 1 rings (SSSR count). The molecule has 1 aromatic rings. The van der Waals surface area contributed by atoms with Crippen molar-refractivity contribution in [1.82, 2.24) is 0 Å². The van der Waals surface area contributed by atoms with E-state index >= 15 is 0 Å². The normalized spacial score (nSPS) is 11.5. The predicted octanol–water partition coefficient (Wildman–Crippen LogP) is 1.21. The fraction of sp³-hybridized carbons (Fsp3) is 0.200. The molecule has 0 aliphatic carbocycles. The smallest absolute Gasteiger partial charge is 0.281 e. The van der Waals surface area contributed by atoms with Gasteiger partial charge in [-0.3, -0.25) is 14.7 Å². The largest absolute Gasteiger partial charge is 0.304 e. The van der Waals surface area contributed by atoms with Crippen molar-refractivity contribution in [3.05, 3.63) is 21.1 Å². The van der Waals surface area contributed by atoms with Crippen LogP contribution in [0.2, 0.25) is 0 Å². The molecule has 0 aliphatic heterocycles. The molecule has 0 bridgehead atoms. The first-order valence-electron chi connectivity index (χ1n) is 3.04. The number of hydrogen-bond donors (Lipinski definition) is 1. The van der Waals surface area contributed by atoms with E-state index in [2.05, 4.69) is 0 Å². The van der Waals surface area contributed by atoms with E-state index in [1.807, 2.05) is 0 Å². The van der Waals surface area contributed by atoms with Gasteiger partial charge in [-0.1, -0.05) is 0 Å². The van der Waals surface area contributed by atoms with Crippen molar-refractivity contribution in [2.75, 3.05) is 0 Å². The summed E-state index contributed by atoms with van der Waals surface area (Å²) in [6.07, 6.45) is 0. The fourth-order valence-corrected chi connectivity index (χ4v) is 2.71. The molecule has 72 valence electrons. The molecule has 0 aromatic carbocycles. The Bertz CT molecular complexity index is 445. The second-order valence-electron chi connectivity index (χ2n) is 2.27. The zero-order valence-electron chi connectivity index (χ0n) is 6.42. The molecule has 0 saturated heterocycles. The van der Waals surface area contributed by atoms with Gasteiger partial charge in [0.15, 0.2) is 4.21 Å². The highest BCUT2D eigenvalue weighted by molar-refractivity contribution is 7.88. The maximum Gasteiger partial charge on any atom is 0.304 e. The Morgan fingerprint density at radius 1 is 1.62 bits per heavy atom. The third-order valence-corrected chi connectivity index (χ3v) is 3.96. The minimum Gasteiger partial charge on any atom is -0.281 e. The number of nitro groups is 1. The Balaban J connectivity index is 3.39. The summed E-state index contributed by atoms with van der Waals surface area (Å²) in [5.74, 6) is 0. The van der Waals surface area contributed by atoms with Gasteiger partial charge < -0.3 is 0 Å². The van der Waals surface area contributed by atoms with Crippen LogP contribution in [0.4, 0.5) is 5.69 Å². The van der Waals surface area contributed by atoms with Gasteiger partial charge in [0, 0.05) is 0 Å². The van der Waals surface area contributed by atoms with Gasteiger partial charge in [0.25, 0.3) is 5.69 Å². The van der Waals surface area contributed by atoms with E-state index in [9.17, 15) is 18.5 Å². The number of rotatable bonds is 2. The Labute approximate surface area is 77.7 Å². The summed E-state index contributed by atoms with van der Waals surface area (Å²) in [6.45, 7) is 1.28. The molecule has 0 atom stereocenters. The summed E-state index contributed by atoms with van der Waals surface area (Å²) in [5, 5.41) is 11.4. The maximum absolute atomic E-state index is 10.6. The van der Waals surface area contributed by atoms with Gasteiger partial charge in [-0.2, -0.15) is 8.42 Å². The lowest BCUT2D eigenvalue weighted by molar-refractivity contribution is -0.385. The molecule has 0 saturated carbocycles. The van der Waals surface area contributed by atoms with Crippen LogP contribution in [0.15, 0.2) is 9.59 Å². The van der Waals surface area contributed by atoms with Gasteiger partial charge in [-0.15, -0.1) is 11.3 Å². The van der Waals surface area contributed by atoms with Crippen molar-refractivity contribution in [2.45, 2.75) is 11.1 Å². The number of hydrogen-bond acceptors (Lipinski definition) is 5. The Kier molecular flexibility index (Phi) is 2.37. The summed E-state index contributed by atoms with van der Waals surface area (Å²) in [6, 6.07) is 0. The molecule has 0 aliphatic rings. The van der Waals surface area contributed by atoms with Crippen LogP contribution in [0, 0.1) is 17.0 Å². The van der Waals surface area contributed by atoms with Gasteiger partial charge >= 0.3 is 10.1 Å². The molecule has 0 unspecified atom stereocenters. The van der Waals surface area contributed by atoms with E-state index in [-0.39, 0.29) is 15.5 Å². The van der Waals surface area contributed by atoms with Crippen LogP contribution in [-0.4, -0.2) is 17.9 Å². The summed E-state index contributed by atoms with van der Waals surface area (Å²) < 4.78 is 29.5. The third-order valence-electron chi connectivity index (χ3n) is 1.40. The molecule has 13 heavy (non-hydrogen) atoms. The van der Waals surface area contributed by atoms with Crippen molar-refractivity contribution in [1.29, 1.82) is 0 Å². The average Bonchev–Trinajstić information content (AvgIpc) is 2.28. The van der Waals surface area contributed by atoms with Crippen molar-refractivity contribution >= 4 is 27.1 Å². The maximum atomic E-state index is 10.6. The lowest BCUT2D eigenvalue weighted by atomic mass is 10.3. The van der Waals surface area contributed by atoms with Crippen molar-refractivity contribution in [3.63, 3.8) is 0 Å². The SMILES string of the molecule is Cc1c([N+](=O)[O-])csc1S(=O)(=O)O. The average molecular weight is 223 g/mol. The van der Waals surface area contributed by atoms with Crippen LogP contribution in [0.5, 0.6) is 0 Å². The van der Waals surface area contributed by atoms with E-state index < -0.39 is 15.0 Å². The molecule has 1 aromatic heterocycles. The molecule has 1 heterocycles. The van der Waals surface area contributed by atoms with E-state index in [0.29, 0.717) is 11.3 Å². The Hall–Kier alpha value is -0.990. The second kappa shape index (κ2) is 3.05. The number of nitrogens with zero attached hydrogens (tertiary/aromatic N) is 1. The topological polar surface area (TPSA) is 97.5 Å². The van der Waals surface area contributed by atoms with Crippen LogP contribution >= 0.6 is 11.3 Å². The van der Waals surface area contributed by atoms with Gasteiger partial charge in [0.05, 0.1) is 15.9 Å². The Morgan fingerprint density at radius 2 is 2.15 bits per heavy atom. The zero-order valence-corrected chi connectivity index (χ0v) is 8.05. The summed E-state index contributed by atoms with van der Waals surface area (Å²) in [4.78, 5) is 9.60. The van der Waals surface area contributed by atoms with Gasteiger partial charge in [0.1, 0.15) is 0 Å². The standard InChI is InChI=1S/C5H5NO5S2/c1-3-4(6(7)8)2-12-5(3)13(9,10)11/h2H,1H3,(H,9,10,11). The lowest BCUT2D eigenvalue weighted by Crippen LogP contribution is -1.97. The highest BCUT2D eigenvalue weighted by atomic mass is 32.3. The summed E-state index contributed by atoms with van der Waals surface area (Å²) >= 11 is 0.632. The van der Waals surface area contributed by atoms with Gasteiger partial charge in [0.2, 0.25) is 0 Å². The van der Waals surface area contributed by atoms with E-state index in [4.69, 9.17) is 4.55 Å². The second-order valence-corrected chi connectivity index (χ2v) is 4.76. The van der Waals surface area contributed by atoms with E-state index in [0.717, 1.165) is 5.38 Å². The minimum absolute atomic E-state index is 0.0301. The molecule has 0 fully saturated rings. The lowest BCUT2D eigenvalue weighted by Gasteiger charge is -1.92. The quantitative estimate of drug-likeness (QED) is 0.461. The predicted molar refractivity (Wildman–Crippen MR) is 45.5 cm³/mol. The molecule has 6 nitrogen and oxygen atoms in total. The van der Waals surface area contributed by atoms with Crippen LogP contribution < -0.4 is 0 Å². The summed E-state index contributed by atoms with van der Waals surface area (Å²) in [7, 11) is -4.33. The molecule has 0 amide bonds. The molecule has 1 N–H and O–H groups in total.